The highest BCUT2D eigenvalue weighted by molar-refractivity contribution is 6.33. The molecule has 0 saturated heterocycles. The summed E-state index contributed by atoms with van der Waals surface area (Å²) in [7, 11) is 0. The van der Waals surface area contributed by atoms with Crippen molar-refractivity contribution in [3.05, 3.63) is 64.7 Å². The first kappa shape index (κ1) is 14.2. The summed E-state index contributed by atoms with van der Waals surface area (Å²) in [5, 5.41) is 21.1. The molecular formula is C16H11ClN2O3. The molecule has 1 amide bonds. The van der Waals surface area contributed by atoms with E-state index in [1.807, 2.05) is 0 Å². The molecule has 0 saturated carbocycles. The first-order valence-electron chi connectivity index (χ1n) is 6.42. The van der Waals surface area contributed by atoms with Gasteiger partial charge in [-0.1, -0.05) is 35.9 Å². The minimum Gasteiger partial charge on any atom is -0.504 e. The second-order valence-corrected chi connectivity index (χ2v) is 5.03. The molecule has 3 aromatic rings. The smallest absolute Gasteiger partial charge is 0.261 e. The van der Waals surface area contributed by atoms with Crippen LogP contribution in [-0.4, -0.2) is 11.0 Å². The number of rotatable bonds is 2. The quantitative estimate of drug-likeness (QED) is 0.676. The Morgan fingerprint density at radius 2 is 1.95 bits per heavy atom. The van der Waals surface area contributed by atoms with Crippen molar-refractivity contribution in [3.63, 3.8) is 0 Å². The molecule has 0 radical (unpaired) electrons. The van der Waals surface area contributed by atoms with E-state index in [-0.39, 0.29) is 22.5 Å². The Morgan fingerprint density at radius 1 is 1.18 bits per heavy atom. The number of carbonyl (C=O) groups is 1. The molecule has 0 bridgehead atoms. The van der Waals surface area contributed by atoms with Crippen LogP contribution >= 0.6 is 11.6 Å². The van der Waals surface area contributed by atoms with Crippen LogP contribution in [0.5, 0.6) is 5.75 Å². The number of anilines is 1. The molecule has 0 aliphatic heterocycles. The van der Waals surface area contributed by atoms with Gasteiger partial charge in [0.05, 0.1) is 10.7 Å². The molecule has 0 fully saturated rings. The Balaban J connectivity index is 2.03. The highest BCUT2D eigenvalue weighted by Gasteiger charge is 2.14. The molecule has 0 aliphatic rings. The van der Waals surface area contributed by atoms with Crippen molar-refractivity contribution in [1.29, 1.82) is 5.41 Å². The zero-order valence-corrected chi connectivity index (χ0v) is 12.0. The molecule has 0 spiro atoms. The maximum Gasteiger partial charge on any atom is 0.261 e. The van der Waals surface area contributed by atoms with Gasteiger partial charge in [0, 0.05) is 5.39 Å². The lowest BCUT2D eigenvalue weighted by Gasteiger charge is -2.08. The van der Waals surface area contributed by atoms with Gasteiger partial charge < -0.3 is 14.8 Å². The lowest BCUT2D eigenvalue weighted by atomic mass is 10.1. The number of aromatic hydroxyl groups is 1. The number of phenolic OH excluding ortho intramolecular Hbond substituents is 1. The SMILES string of the molecule is N=c1oc2c(O)cccc2cc1C(=O)Nc1ccccc1Cl. The molecule has 0 aliphatic carbocycles. The molecule has 22 heavy (non-hydrogen) atoms. The van der Waals surface area contributed by atoms with E-state index >= 15 is 0 Å². The molecule has 0 unspecified atom stereocenters. The van der Waals surface area contributed by atoms with Crippen LogP contribution in [0.2, 0.25) is 5.02 Å². The first-order valence-corrected chi connectivity index (χ1v) is 6.80. The third-order valence-corrected chi connectivity index (χ3v) is 3.47. The van der Waals surface area contributed by atoms with Crippen molar-refractivity contribution in [2.24, 2.45) is 0 Å². The summed E-state index contributed by atoms with van der Waals surface area (Å²) >= 11 is 5.99. The number of phenols is 1. The van der Waals surface area contributed by atoms with Gasteiger partial charge in [0.2, 0.25) is 5.55 Å². The van der Waals surface area contributed by atoms with Gasteiger partial charge in [-0.3, -0.25) is 10.2 Å². The van der Waals surface area contributed by atoms with E-state index in [9.17, 15) is 9.90 Å². The zero-order valence-electron chi connectivity index (χ0n) is 11.3. The minimum atomic E-state index is -0.507. The van der Waals surface area contributed by atoms with Gasteiger partial charge in [-0.25, -0.2) is 0 Å². The molecular weight excluding hydrogens is 304 g/mol. The van der Waals surface area contributed by atoms with Gasteiger partial charge >= 0.3 is 0 Å². The summed E-state index contributed by atoms with van der Waals surface area (Å²) in [5.41, 5.74) is 0.336. The average molecular weight is 315 g/mol. The number of halogens is 1. The van der Waals surface area contributed by atoms with Crippen molar-refractivity contribution in [1.82, 2.24) is 0 Å². The maximum absolute atomic E-state index is 12.3. The van der Waals surface area contributed by atoms with Crippen molar-refractivity contribution in [2.75, 3.05) is 5.32 Å². The van der Waals surface area contributed by atoms with E-state index in [1.54, 1.807) is 36.4 Å². The fourth-order valence-corrected chi connectivity index (χ4v) is 2.25. The highest BCUT2D eigenvalue weighted by Crippen LogP contribution is 2.24. The number of carbonyl (C=O) groups excluding carboxylic acids is 1. The lowest BCUT2D eigenvalue weighted by molar-refractivity contribution is 0.102. The van der Waals surface area contributed by atoms with Crippen LogP contribution in [0.3, 0.4) is 0 Å². The number of hydrogen-bond donors (Lipinski definition) is 3. The van der Waals surface area contributed by atoms with Crippen molar-refractivity contribution in [3.8, 4) is 5.75 Å². The van der Waals surface area contributed by atoms with E-state index in [0.29, 0.717) is 16.1 Å². The Bertz CT molecular complexity index is 934. The lowest BCUT2D eigenvalue weighted by Crippen LogP contribution is -2.20. The Kier molecular flexibility index (Phi) is 3.56. The summed E-state index contributed by atoms with van der Waals surface area (Å²) in [6.07, 6.45) is 0. The van der Waals surface area contributed by atoms with E-state index in [4.69, 9.17) is 21.4 Å². The van der Waals surface area contributed by atoms with Crippen LogP contribution in [0.4, 0.5) is 5.69 Å². The maximum atomic E-state index is 12.3. The molecule has 0 atom stereocenters. The Hall–Kier alpha value is -2.79. The average Bonchev–Trinajstić information content (AvgIpc) is 2.50. The number of para-hydroxylation sites is 2. The molecule has 5 nitrogen and oxygen atoms in total. The van der Waals surface area contributed by atoms with Gasteiger partial charge in [-0.2, -0.15) is 0 Å². The number of amides is 1. The van der Waals surface area contributed by atoms with Crippen molar-refractivity contribution < 1.29 is 14.3 Å². The van der Waals surface area contributed by atoms with Crippen LogP contribution < -0.4 is 10.9 Å². The monoisotopic (exact) mass is 314 g/mol. The van der Waals surface area contributed by atoms with Gasteiger partial charge in [0.1, 0.15) is 5.56 Å². The first-order chi connectivity index (χ1) is 10.6. The van der Waals surface area contributed by atoms with Gasteiger partial charge in [0.25, 0.3) is 5.91 Å². The van der Waals surface area contributed by atoms with Crippen LogP contribution in [-0.2, 0) is 0 Å². The van der Waals surface area contributed by atoms with Crippen LogP contribution in [0, 0.1) is 5.41 Å². The van der Waals surface area contributed by atoms with Gasteiger partial charge in [-0.05, 0) is 24.3 Å². The minimum absolute atomic E-state index is 0.0537. The van der Waals surface area contributed by atoms with Crippen LogP contribution in [0.1, 0.15) is 10.4 Å². The third kappa shape index (κ3) is 2.54. The highest BCUT2D eigenvalue weighted by atomic mass is 35.5. The van der Waals surface area contributed by atoms with E-state index in [2.05, 4.69) is 5.32 Å². The van der Waals surface area contributed by atoms with Crippen molar-refractivity contribution in [2.45, 2.75) is 0 Å². The Morgan fingerprint density at radius 3 is 2.73 bits per heavy atom. The van der Waals surface area contributed by atoms with E-state index in [1.165, 1.54) is 12.1 Å². The standard InChI is InChI=1S/C16H11ClN2O3/c17-11-5-1-2-6-12(11)19-16(21)10-8-9-4-3-7-13(20)14(9)22-15(10)18/h1-8,18,20H,(H,19,21). The fourth-order valence-electron chi connectivity index (χ4n) is 2.07. The van der Waals surface area contributed by atoms with Crippen LogP contribution in [0.25, 0.3) is 11.0 Å². The zero-order chi connectivity index (χ0) is 15.7. The second kappa shape index (κ2) is 5.54. The summed E-state index contributed by atoms with van der Waals surface area (Å²) in [4.78, 5) is 12.3. The molecule has 6 heteroatoms. The number of fused-ring (bicyclic) bond motifs is 1. The van der Waals surface area contributed by atoms with Gasteiger partial charge in [0.15, 0.2) is 11.3 Å². The summed E-state index contributed by atoms with van der Waals surface area (Å²) in [5.74, 6) is -0.587. The third-order valence-electron chi connectivity index (χ3n) is 3.14. The number of hydrogen-bond acceptors (Lipinski definition) is 4. The van der Waals surface area contributed by atoms with Crippen molar-refractivity contribution >= 4 is 34.2 Å². The predicted molar refractivity (Wildman–Crippen MR) is 83.1 cm³/mol. The number of benzene rings is 2. The topological polar surface area (TPSA) is 86.3 Å². The normalized spacial score (nSPS) is 10.6. The largest absolute Gasteiger partial charge is 0.504 e. The molecule has 2 aromatic carbocycles. The van der Waals surface area contributed by atoms with E-state index < -0.39 is 5.91 Å². The van der Waals surface area contributed by atoms with Gasteiger partial charge in [-0.15, -0.1) is 0 Å². The number of nitrogens with one attached hydrogen (secondary N) is 2. The predicted octanol–water partition coefficient (Wildman–Crippen LogP) is 3.52. The Labute approximate surface area is 130 Å². The second-order valence-electron chi connectivity index (χ2n) is 4.62. The fraction of sp³-hybridized carbons (Fsp3) is 0. The molecule has 1 aromatic heterocycles. The summed E-state index contributed by atoms with van der Waals surface area (Å²) in [6, 6.07) is 13.1. The molecule has 3 N–H and O–H groups in total. The molecule has 110 valence electrons. The van der Waals surface area contributed by atoms with E-state index in [0.717, 1.165) is 0 Å². The summed E-state index contributed by atoms with van der Waals surface area (Å²) in [6.45, 7) is 0. The molecule has 1 heterocycles. The summed E-state index contributed by atoms with van der Waals surface area (Å²) < 4.78 is 5.24. The van der Waals surface area contributed by atoms with Crippen LogP contribution in [0.15, 0.2) is 52.9 Å². The molecule has 3 rings (SSSR count).